The third-order valence-electron chi connectivity index (χ3n) is 5.72. The van der Waals surface area contributed by atoms with Gasteiger partial charge in [0.1, 0.15) is 5.82 Å². The predicted octanol–water partition coefficient (Wildman–Crippen LogP) is 4.00. The van der Waals surface area contributed by atoms with Gasteiger partial charge < -0.3 is 9.52 Å². The first-order valence-electron chi connectivity index (χ1n) is 9.48. The second-order valence-electron chi connectivity index (χ2n) is 8.12. The molecule has 28 heavy (non-hydrogen) atoms. The highest BCUT2D eigenvalue weighted by atomic mass is 16.3. The van der Waals surface area contributed by atoms with Crippen LogP contribution in [0.1, 0.15) is 49.3 Å². The molecule has 6 nitrogen and oxygen atoms in total. The number of rotatable bonds is 4. The van der Waals surface area contributed by atoms with Gasteiger partial charge in [0.05, 0.1) is 16.7 Å². The number of aliphatic hydroxyl groups is 1. The quantitative estimate of drug-likeness (QED) is 0.584. The Bertz CT molecular complexity index is 1160. The molecule has 0 amide bonds. The van der Waals surface area contributed by atoms with E-state index in [-0.39, 0.29) is 5.41 Å². The Morgan fingerprint density at radius 3 is 2.46 bits per heavy atom. The van der Waals surface area contributed by atoms with Crippen LogP contribution in [0.15, 0.2) is 53.4 Å². The summed E-state index contributed by atoms with van der Waals surface area (Å²) in [6.07, 6.45) is 5.51. The molecule has 0 bridgehead atoms. The van der Waals surface area contributed by atoms with Gasteiger partial charge in [0.25, 0.3) is 0 Å². The molecule has 0 radical (unpaired) electrons. The lowest BCUT2D eigenvalue weighted by Gasteiger charge is -2.19. The Morgan fingerprint density at radius 2 is 1.86 bits per heavy atom. The molecule has 1 aliphatic rings. The Morgan fingerprint density at radius 1 is 1.11 bits per heavy atom. The standard InChI is InChI=1S/C22H22N4O2/c1-14-18(28-13-23-14)15-6-8-16(9-7-15)22(10-11-22)20-25-24-19-17(21(2,3)27)5-4-12-26(19)20/h4-9,12-13,27H,10-11H2,1-3H3. The molecule has 0 aliphatic heterocycles. The summed E-state index contributed by atoms with van der Waals surface area (Å²) in [5, 5.41) is 19.4. The fourth-order valence-electron chi connectivity index (χ4n) is 4.01. The third-order valence-corrected chi connectivity index (χ3v) is 5.72. The molecule has 1 N–H and O–H groups in total. The van der Waals surface area contributed by atoms with Gasteiger partial charge in [-0.25, -0.2) is 4.98 Å². The Hall–Kier alpha value is -2.99. The summed E-state index contributed by atoms with van der Waals surface area (Å²) in [5.74, 6) is 1.73. The molecule has 3 heterocycles. The maximum Gasteiger partial charge on any atom is 0.181 e. The highest BCUT2D eigenvalue weighted by Crippen LogP contribution is 2.53. The van der Waals surface area contributed by atoms with Crippen LogP contribution in [0.2, 0.25) is 0 Å². The van der Waals surface area contributed by atoms with Gasteiger partial charge in [-0.3, -0.25) is 4.40 Å². The van der Waals surface area contributed by atoms with E-state index in [2.05, 4.69) is 39.4 Å². The van der Waals surface area contributed by atoms with Crippen molar-refractivity contribution < 1.29 is 9.52 Å². The van der Waals surface area contributed by atoms with Crippen molar-refractivity contribution >= 4 is 5.65 Å². The molecule has 5 rings (SSSR count). The molecule has 0 spiro atoms. The topological polar surface area (TPSA) is 76.5 Å². The minimum absolute atomic E-state index is 0.132. The second-order valence-corrected chi connectivity index (χ2v) is 8.12. The van der Waals surface area contributed by atoms with Crippen molar-refractivity contribution in [1.29, 1.82) is 0 Å². The molecule has 1 saturated carbocycles. The van der Waals surface area contributed by atoms with Crippen molar-refractivity contribution in [2.45, 2.75) is 44.6 Å². The average molecular weight is 374 g/mol. The first kappa shape index (κ1) is 17.1. The van der Waals surface area contributed by atoms with Crippen molar-refractivity contribution in [2.24, 2.45) is 0 Å². The van der Waals surface area contributed by atoms with Crippen LogP contribution >= 0.6 is 0 Å². The van der Waals surface area contributed by atoms with Crippen LogP contribution in [0.3, 0.4) is 0 Å². The van der Waals surface area contributed by atoms with E-state index in [9.17, 15) is 5.11 Å². The molecule has 1 aliphatic carbocycles. The Labute approximate surface area is 162 Å². The molecule has 0 saturated heterocycles. The molecular formula is C22H22N4O2. The molecule has 3 aromatic heterocycles. The van der Waals surface area contributed by atoms with E-state index >= 15 is 0 Å². The van der Waals surface area contributed by atoms with Gasteiger partial charge in [0, 0.05) is 17.3 Å². The first-order chi connectivity index (χ1) is 13.4. The highest BCUT2D eigenvalue weighted by molar-refractivity contribution is 5.61. The molecular weight excluding hydrogens is 352 g/mol. The zero-order chi connectivity index (χ0) is 19.5. The largest absolute Gasteiger partial charge is 0.443 e. The van der Waals surface area contributed by atoms with Gasteiger partial charge in [-0.1, -0.05) is 30.3 Å². The molecule has 1 aromatic carbocycles. The Kier molecular flexibility index (Phi) is 3.52. The summed E-state index contributed by atoms with van der Waals surface area (Å²) in [6.45, 7) is 5.49. The number of pyridine rings is 1. The number of fused-ring (bicyclic) bond motifs is 1. The zero-order valence-corrected chi connectivity index (χ0v) is 16.2. The number of benzene rings is 1. The van der Waals surface area contributed by atoms with E-state index < -0.39 is 5.60 Å². The lowest BCUT2D eigenvalue weighted by Crippen LogP contribution is -2.18. The van der Waals surface area contributed by atoms with Crippen LogP contribution in [-0.4, -0.2) is 24.7 Å². The van der Waals surface area contributed by atoms with Gasteiger partial charge in [0.2, 0.25) is 0 Å². The van der Waals surface area contributed by atoms with Gasteiger partial charge in [0.15, 0.2) is 17.8 Å². The summed E-state index contributed by atoms with van der Waals surface area (Å²) < 4.78 is 7.53. The van der Waals surface area contributed by atoms with Crippen LogP contribution in [0.25, 0.3) is 17.0 Å². The van der Waals surface area contributed by atoms with Crippen LogP contribution in [-0.2, 0) is 11.0 Å². The predicted molar refractivity (Wildman–Crippen MR) is 105 cm³/mol. The van der Waals surface area contributed by atoms with Gasteiger partial charge >= 0.3 is 0 Å². The summed E-state index contributed by atoms with van der Waals surface area (Å²) in [5.41, 5.74) is 3.51. The van der Waals surface area contributed by atoms with Crippen molar-refractivity contribution in [3.63, 3.8) is 0 Å². The lowest BCUT2D eigenvalue weighted by atomic mass is 9.93. The van der Waals surface area contributed by atoms with E-state index in [0.29, 0.717) is 5.65 Å². The normalized spacial score (nSPS) is 15.9. The number of aromatic nitrogens is 4. The molecule has 0 atom stereocenters. The minimum atomic E-state index is -0.972. The number of hydrogen-bond acceptors (Lipinski definition) is 5. The molecule has 6 heteroatoms. The zero-order valence-electron chi connectivity index (χ0n) is 16.2. The van der Waals surface area contributed by atoms with Crippen molar-refractivity contribution in [1.82, 2.24) is 19.6 Å². The first-order valence-corrected chi connectivity index (χ1v) is 9.48. The minimum Gasteiger partial charge on any atom is -0.443 e. The maximum atomic E-state index is 10.5. The molecule has 0 unspecified atom stereocenters. The number of nitrogens with zero attached hydrogens (tertiary/aromatic N) is 4. The number of aryl methyl sites for hydroxylation is 1. The fraction of sp³-hybridized carbons (Fsp3) is 0.318. The van der Waals surface area contributed by atoms with Crippen LogP contribution in [0, 0.1) is 6.92 Å². The fourth-order valence-corrected chi connectivity index (χ4v) is 4.01. The molecule has 1 fully saturated rings. The number of hydrogen-bond donors (Lipinski definition) is 1. The SMILES string of the molecule is Cc1ncoc1-c1ccc(C2(c3nnc4c(C(C)(C)O)cccn34)CC2)cc1. The highest BCUT2D eigenvalue weighted by Gasteiger charge is 2.49. The van der Waals surface area contributed by atoms with Crippen LogP contribution < -0.4 is 0 Å². The summed E-state index contributed by atoms with van der Waals surface area (Å²) in [6, 6.07) is 12.3. The third kappa shape index (κ3) is 2.48. The van der Waals surface area contributed by atoms with Crippen LogP contribution in [0.5, 0.6) is 0 Å². The maximum absolute atomic E-state index is 10.5. The van der Waals surface area contributed by atoms with E-state index in [1.807, 2.05) is 29.7 Å². The van der Waals surface area contributed by atoms with E-state index in [1.54, 1.807) is 13.8 Å². The van der Waals surface area contributed by atoms with E-state index in [0.717, 1.165) is 41.2 Å². The second kappa shape index (κ2) is 5.75. The summed E-state index contributed by atoms with van der Waals surface area (Å²) >= 11 is 0. The van der Waals surface area contributed by atoms with Crippen molar-refractivity contribution in [3.05, 3.63) is 71.6 Å². The van der Waals surface area contributed by atoms with Crippen molar-refractivity contribution in [2.75, 3.05) is 0 Å². The molecule has 4 aromatic rings. The van der Waals surface area contributed by atoms with Crippen LogP contribution in [0.4, 0.5) is 0 Å². The van der Waals surface area contributed by atoms with E-state index in [1.165, 1.54) is 12.0 Å². The van der Waals surface area contributed by atoms with Gasteiger partial charge in [-0.05, 0) is 45.2 Å². The monoisotopic (exact) mass is 374 g/mol. The summed E-state index contributed by atoms with van der Waals surface area (Å²) in [4.78, 5) is 4.17. The van der Waals surface area contributed by atoms with Crippen molar-refractivity contribution in [3.8, 4) is 11.3 Å². The van der Waals surface area contributed by atoms with Gasteiger partial charge in [-0.2, -0.15) is 0 Å². The smallest absolute Gasteiger partial charge is 0.181 e. The Balaban J connectivity index is 1.58. The summed E-state index contributed by atoms with van der Waals surface area (Å²) in [7, 11) is 0. The van der Waals surface area contributed by atoms with Gasteiger partial charge in [-0.15, -0.1) is 10.2 Å². The van der Waals surface area contributed by atoms with E-state index in [4.69, 9.17) is 4.42 Å². The lowest BCUT2D eigenvalue weighted by molar-refractivity contribution is 0.0796. The number of oxazole rings is 1. The average Bonchev–Trinajstić information content (AvgIpc) is 3.16. The molecule has 142 valence electrons.